The molecule has 3 aromatic rings. The Morgan fingerprint density at radius 1 is 1.36 bits per heavy atom. The van der Waals surface area contributed by atoms with Crippen LogP contribution in [0.3, 0.4) is 0 Å². The van der Waals surface area contributed by atoms with E-state index in [1.54, 1.807) is 24.3 Å². The summed E-state index contributed by atoms with van der Waals surface area (Å²) < 4.78 is 5.55. The second kappa shape index (κ2) is 6.13. The molecule has 0 radical (unpaired) electrons. The maximum Gasteiger partial charge on any atom is 0.290 e. The number of methoxy groups -OCH3 is 1. The molecule has 1 aliphatic heterocycles. The van der Waals surface area contributed by atoms with E-state index in [0.717, 1.165) is 16.8 Å². The Labute approximate surface area is 149 Å². The highest BCUT2D eigenvalue weighted by Crippen LogP contribution is 2.35. The van der Waals surface area contributed by atoms with Crippen LogP contribution in [0.25, 0.3) is 11.0 Å². The van der Waals surface area contributed by atoms with Gasteiger partial charge in [0.2, 0.25) is 0 Å². The van der Waals surface area contributed by atoms with E-state index >= 15 is 0 Å². The predicted molar refractivity (Wildman–Crippen MR) is 94.5 cm³/mol. The van der Waals surface area contributed by atoms with Crippen molar-refractivity contribution in [1.29, 1.82) is 0 Å². The van der Waals surface area contributed by atoms with Crippen LogP contribution in [0.4, 0.5) is 0 Å². The number of rotatable bonds is 2. The summed E-state index contributed by atoms with van der Waals surface area (Å²) in [5.41, 5.74) is 3.21. The summed E-state index contributed by atoms with van der Waals surface area (Å²) in [5, 5.41) is 0.517. The molecule has 1 amide bonds. The van der Waals surface area contributed by atoms with Gasteiger partial charge in [-0.3, -0.25) is 9.78 Å². The number of aromatic amines is 1. The van der Waals surface area contributed by atoms with E-state index < -0.39 is 0 Å². The first kappa shape index (κ1) is 16.1. The lowest BCUT2D eigenvalue weighted by Gasteiger charge is -2.37. The number of nitrogens with zero attached hydrogens (tertiary/aromatic N) is 3. The molecule has 0 saturated heterocycles. The topological polar surface area (TPSA) is 71.1 Å². The van der Waals surface area contributed by atoms with E-state index in [2.05, 4.69) is 15.0 Å². The van der Waals surface area contributed by atoms with Crippen molar-refractivity contribution in [3.05, 3.63) is 58.6 Å². The van der Waals surface area contributed by atoms with Gasteiger partial charge in [-0.2, -0.15) is 0 Å². The molecule has 1 aromatic carbocycles. The Hall–Kier alpha value is -2.44. The average Bonchev–Trinajstić information content (AvgIpc) is 3.07. The number of carbonyl (C=O) groups excluding carboxylic acids is 1. The van der Waals surface area contributed by atoms with Crippen molar-refractivity contribution >= 4 is 28.5 Å². The smallest absolute Gasteiger partial charge is 0.290 e. The molecule has 0 aliphatic carbocycles. The van der Waals surface area contributed by atoms with Crippen molar-refractivity contribution in [3.8, 4) is 0 Å². The van der Waals surface area contributed by atoms with Gasteiger partial charge in [0.25, 0.3) is 5.91 Å². The predicted octanol–water partition coefficient (Wildman–Crippen LogP) is 3.52. The Bertz CT molecular complexity index is 955. The number of imidazole rings is 1. The molecule has 2 aromatic heterocycles. The second-order valence-corrected chi connectivity index (χ2v) is 6.46. The number of aromatic nitrogens is 3. The quantitative estimate of drug-likeness (QED) is 0.762. The van der Waals surface area contributed by atoms with Gasteiger partial charge < -0.3 is 14.6 Å². The number of ether oxygens (including phenoxy) is 1. The summed E-state index contributed by atoms with van der Waals surface area (Å²) >= 11 is 6.17. The molecule has 25 heavy (non-hydrogen) atoms. The second-order valence-electron chi connectivity index (χ2n) is 6.06. The maximum atomic E-state index is 13.1. The summed E-state index contributed by atoms with van der Waals surface area (Å²) in [6.07, 6.45) is 1.49. The molecule has 4 rings (SSSR count). The largest absolute Gasteiger partial charge is 0.373 e. The lowest BCUT2D eigenvalue weighted by Crippen LogP contribution is -2.42. The first-order valence-corrected chi connectivity index (χ1v) is 8.40. The van der Waals surface area contributed by atoms with Crippen LogP contribution in [0.5, 0.6) is 0 Å². The SMILES string of the molecule is CO[C@@H]1CN(C(=O)c2nc3c(Cl)cccc3[nH]2)[C@H](C)c2cccnc21. The van der Waals surface area contributed by atoms with Crippen LogP contribution < -0.4 is 0 Å². The Morgan fingerprint density at radius 3 is 2.96 bits per heavy atom. The first-order chi connectivity index (χ1) is 12.1. The molecular formula is C18H17ClN4O2. The normalized spacial score (nSPS) is 19.9. The van der Waals surface area contributed by atoms with E-state index in [1.165, 1.54) is 0 Å². The highest BCUT2D eigenvalue weighted by Gasteiger charge is 2.35. The number of para-hydroxylation sites is 1. The fraction of sp³-hybridized carbons (Fsp3) is 0.278. The molecule has 6 nitrogen and oxygen atoms in total. The fourth-order valence-electron chi connectivity index (χ4n) is 3.32. The highest BCUT2D eigenvalue weighted by molar-refractivity contribution is 6.35. The highest BCUT2D eigenvalue weighted by atomic mass is 35.5. The van der Waals surface area contributed by atoms with E-state index in [9.17, 15) is 4.79 Å². The minimum Gasteiger partial charge on any atom is -0.373 e. The van der Waals surface area contributed by atoms with Crippen molar-refractivity contribution in [2.75, 3.05) is 13.7 Å². The van der Waals surface area contributed by atoms with Crippen molar-refractivity contribution in [2.24, 2.45) is 0 Å². The van der Waals surface area contributed by atoms with E-state index in [4.69, 9.17) is 16.3 Å². The van der Waals surface area contributed by atoms with Gasteiger partial charge in [-0.1, -0.05) is 23.7 Å². The van der Waals surface area contributed by atoms with Crippen LogP contribution in [0.2, 0.25) is 5.02 Å². The minimum absolute atomic E-state index is 0.119. The van der Waals surface area contributed by atoms with Crippen molar-refractivity contribution < 1.29 is 9.53 Å². The molecule has 128 valence electrons. The van der Waals surface area contributed by atoms with Gasteiger partial charge >= 0.3 is 0 Å². The number of nitrogens with one attached hydrogen (secondary N) is 1. The van der Waals surface area contributed by atoms with Gasteiger partial charge in [0.05, 0.1) is 28.8 Å². The average molecular weight is 357 g/mol. The number of hydrogen-bond donors (Lipinski definition) is 1. The van der Waals surface area contributed by atoms with Gasteiger partial charge in [0, 0.05) is 13.3 Å². The molecule has 1 aliphatic rings. The number of benzene rings is 1. The van der Waals surface area contributed by atoms with E-state index in [0.29, 0.717) is 17.1 Å². The van der Waals surface area contributed by atoms with Gasteiger partial charge in [0.1, 0.15) is 11.6 Å². The molecule has 1 N–H and O–H groups in total. The number of hydrogen-bond acceptors (Lipinski definition) is 4. The molecular weight excluding hydrogens is 340 g/mol. The number of halogens is 1. The number of fused-ring (bicyclic) bond motifs is 2. The van der Waals surface area contributed by atoms with Crippen LogP contribution in [0, 0.1) is 0 Å². The Kier molecular flexibility index (Phi) is 3.94. The Morgan fingerprint density at radius 2 is 2.20 bits per heavy atom. The standard InChI is InChI=1S/C18H17ClN4O2/c1-10-11-5-4-8-20-15(11)14(25-2)9-23(10)18(24)17-21-13-7-3-6-12(19)16(13)22-17/h3-8,10,14H,9H2,1-2H3,(H,21,22)/t10-,14-/m1/s1. The van der Waals surface area contributed by atoms with Crippen LogP contribution in [-0.2, 0) is 4.74 Å². The van der Waals surface area contributed by atoms with Crippen molar-refractivity contribution in [1.82, 2.24) is 19.9 Å². The summed E-state index contributed by atoms with van der Waals surface area (Å²) in [7, 11) is 1.63. The lowest BCUT2D eigenvalue weighted by atomic mass is 9.96. The molecule has 0 bridgehead atoms. The van der Waals surface area contributed by atoms with Crippen LogP contribution >= 0.6 is 11.6 Å². The first-order valence-electron chi connectivity index (χ1n) is 8.03. The molecule has 0 unspecified atom stereocenters. The van der Waals surface area contributed by atoms with Crippen LogP contribution in [-0.4, -0.2) is 39.4 Å². The molecule has 0 spiro atoms. The zero-order chi connectivity index (χ0) is 17.6. The van der Waals surface area contributed by atoms with E-state index in [1.807, 2.05) is 31.2 Å². The minimum atomic E-state index is -0.260. The van der Waals surface area contributed by atoms with Crippen LogP contribution in [0.15, 0.2) is 36.5 Å². The third kappa shape index (κ3) is 2.58. The monoisotopic (exact) mass is 356 g/mol. The fourth-order valence-corrected chi connectivity index (χ4v) is 3.54. The van der Waals surface area contributed by atoms with Crippen molar-refractivity contribution in [3.63, 3.8) is 0 Å². The van der Waals surface area contributed by atoms with Gasteiger partial charge in [-0.05, 0) is 30.7 Å². The third-order valence-corrected chi connectivity index (χ3v) is 4.97. The summed E-state index contributed by atoms with van der Waals surface area (Å²) in [6, 6.07) is 9.16. The molecule has 0 fully saturated rings. The number of carbonyl (C=O) groups is 1. The molecule has 7 heteroatoms. The van der Waals surface area contributed by atoms with Crippen molar-refractivity contribution in [2.45, 2.75) is 19.1 Å². The van der Waals surface area contributed by atoms with Gasteiger partial charge in [-0.15, -0.1) is 0 Å². The third-order valence-electron chi connectivity index (χ3n) is 4.67. The van der Waals surface area contributed by atoms with Gasteiger partial charge in [-0.25, -0.2) is 4.98 Å². The summed E-state index contributed by atoms with van der Waals surface area (Å²) in [6.45, 7) is 2.41. The maximum absolute atomic E-state index is 13.1. The van der Waals surface area contributed by atoms with E-state index in [-0.39, 0.29) is 23.9 Å². The lowest BCUT2D eigenvalue weighted by molar-refractivity contribution is 0.0253. The Balaban J connectivity index is 1.73. The molecule has 2 atom stereocenters. The molecule has 3 heterocycles. The zero-order valence-electron chi connectivity index (χ0n) is 13.9. The zero-order valence-corrected chi connectivity index (χ0v) is 14.6. The number of H-pyrrole nitrogens is 1. The number of amides is 1. The summed E-state index contributed by atoms with van der Waals surface area (Å²) in [5.74, 6) is 0.0912. The van der Waals surface area contributed by atoms with Gasteiger partial charge in [0.15, 0.2) is 5.82 Å². The molecule has 0 saturated carbocycles. The van der Waals surface area contributed by atoms with Crippen LogP contribution in [0.1, 0.15) is 40.9 Å². The summed E-state index contributed by atoms with van der Waals surface area (Å²) in [4.78, 5) is 26.7. The number of pyridine rings is 1.